The minimum Gasteiger partial charge on any atom is -0.444 e. The molecule has 152 valence electrons. The highest BCUT2D eigenvalue weighted by Gasteiger charge is 2.20. The normalized spacial score (nSPS) is 11.6. The molecular weight excluding hydrogens is 390 g/mol. The number of hydrazone groups is 1. The molecule has 0 spiro atoms. The van der Waals surface area contributed by atoms with Gasteiger partial charge in [-0.3, -0.25) is 5.43 Å². The fourth-order valence-electron chi connectivity index (χ4n) is 2.33. The molecule has 1 amide bonds. The van der Waals surface area contributed by atoms with Crippen LogP contribution in [-0.4, -0.2) is 39.8 Å². The first-order valence-electron chi connectivity index (χ1n) is 8.97. The number of rotatable bonds is 6. The van der Waals surface area contributed by atoms with Gasteiger partial charge in [0.25, 0.3) is 0 Å². The van der Waals surface area contributed by atoms with E-state index in [1.807, 2.05) is 50.4 Å². The van der Waals surface area contributed by atoms with Gasteiger partial charge in [-0.1, -0.05) is 0 Å². The number of ether oxygens (including phenoxy) is 1. The molecule has 0 aliphatic rings. The number of thiazole rings is 1. The van der Waals surface area contributed by atoms with E-state index >= 15 is 0 Å². The maximum atomic E-state index is 12.0. The Bertz CT molecular complexity index is 959. The maximum absolute atomic E-state index is 12.0. The zero-order valence-electron chi connectivity index (χ0n) is 16.7. The lowest BCUT2D eigenvalue weighted by molar-refractivity contribution is 0.0283. The topological polar surface area (TPSA) is 92.9 Å². The molecule has 0 aliphatic heterocycles. The first-order valence-corrected chi connectivity index (χ1v) is 9.85. The number of nitrogens with zero attached hydrogens (tertiary/aromatic N) is 4. The highest BCUT2D eigenvalue weighted by molar-refractivity contribution is 7.11. The van der Waals surface area contributed by atoms with Crippen LogP contribution < -0.4 is 5.43 Å². The number of carbonyl (C=O) groups is 1. The average Bonchev–Trinajstić information content (AvgIpc) is 3.33. The van der Waals surface area contributed by atoms with Crippen molar-refractivity contribution in [3.63, 3.8) is 0 Å². The van der Waals surface area contributed by atoms with E-state index in [1.165, 1.54) is 22.6 Å². The third kappa shape index (κ3) is 6.15. The smallest absolute Gasteiger partial charge is 0.410 e. The zero-order valence-corrected chi connectivity index (χ0v) is 17.6. The molecule has 3 aromatic rings. The van der Waals surface area contributed by atoms with E-state index in [0.717, 1.165) is 22.0 Å². The summed E-state index contributed by atoms with van der Waals surface area (Å²) in [5.74, 6) is 0.715. The lowest BCUT2D eigenvalue weighted by Gasteiger charge is -2.24. The van der Waals surface area contributed by atoms with Crippen LogP contribution in [0, 0.1) is 0 Å². The predicted octanol–water partition coefficient (Wildman–Crippen LogP) is 4.61. The van der Waals surface area contributed by atoms with E-state index in [0.29, 0.717) is 12.3 Å². The molecule has 29 heavy (non-hydrogen) atoms. The zero-order chi connectivity index (χ0) is 20.9. The maximum Gasteiger partial charge on any atom is 0.410 e. The molecule has 0 fully saturated rings. The Morgan fingerprint density at radius 3 is 2.76 bits per heavy atom. The van der Waals surface area contributed by atoms with Gasteiger partial charge in [-0.15, -0.1) is 11.3 Å². The van der Waals surface area contributed by atoms with Crippen molar-refractivity contribution in [2.24, 2.45) is 5.10 Å². The summed E-state index contributed by atoms with van der Waals surface area (Å²) in [6, 6.07) is 7.65. The molecule has 1 N–H and O–H groups in total. The Labute approximate surface area is 173 Å². The Morgan fingerprint density at radius 1 is 1.34 bits per heavy atom. The van der Waals surface area contributed by atoms with Crippen LogP contribution in [0.4, 0.5) is 10.5 Å². The van der Waals surface area contributed by atoms with Crippen molar-refractivity contribution in [3.8, 4) is 11.3 Å². The van der Waals surface area contributed by atoms with Gasteiger partial charge in [-0.05, 0) is 45.0 Å². The first-order chi connectivity index (χ1) is 13.8. The van der Waals surface area contributed by atoms with Crippen molar-refractivity contribution >= 4 is 29.3 Å². The van der Waals surface area contributed by atoms with Gasteiger partial charge < -0.3 is 14.1 Å². The number of benzene rings is 1. The molecule has 0 unspecified atom stereocenters. The molecule has 0 aliphatic carbocycles. The van der Waals surface area contributed by atoms with Gasteiger partial charge in [0.15, 0.2) is 12.2 Å². The van der Waals surface area contributed by atoms with Gasteiger partial charge in [0.2, 0.25) is 0 Å². The summed E-state index contributed by atoms with van der Waals surface area (Å²) < 4.78 is 10.6. The minimum atomic E-state index is -0.524. The second kappa shape index (κ2) is 8.87. The number of amides is 1. The Balaban J connectivity index is 1.52. The van der Waals surface area contributed by atoms with Crippen molar-refractivity contribution in [3.05, 3.63) is 52.9 Å². The predicted molar refractivity (Wildman–Crippen MR) is 113 cm³/mol. The number of oxazole rings is 1. The molecule has 8 nitrogen and oxygen atoms in total. The van der Waals surface area contributed by atoms with Crippen LogP contribution in [-0.2, 0) is 11.3 Å². The summed E-state index contributed by atoms with van der Waals surface area (Å²) in [5, 5.41) is 6.85. The highest BCUT2D eigenvalue weighted by atomic mass is 32.1. The van der Waals surface area contributed by atoms with E-state index < -0.39 is 5.60 Å². The van der Waals surface area contributed by atoms with Crippen LogP contribution in [0.3, 0.4) is 0 Å². The van der Waals surface area contributed by atoms with Crippen molar-refractivity contribution in [2.45, 2.75) is 32.9 Å². The van der Waals surface area contributed by atoms with E-state index in [2.05, 4.69) is 20.5 Å². The van der Waals surface area contributed by atoms with Gasteiger partial charge in [-0.25, -0.2) is 14.8 Å². The molecule has 3 rings (SSSR count). The van der Waals surface area contributed by atoms with Gasteiger partial charge in [0.1, 0.15) is 10.6 Å². The van der Waals surface area contributed by atoms with E-state index in [9.17, 15) is 4.79 Å². The summed E-state index contributed by atoms with van der Waals surface area (Å²) in [7, 11) is 1.69. The van der Waals surface area contributed by atoms with Crippen molar-refractivity contribution in [1.29, 1.82) is 0 Å². The molecule has 2 aromatic heterocycles. The van der Waals surface area contributed by atoms with Crippen LogP contribution >= 0.6 is 11.3 Å². The fourth-order valence-corrected chi connectivity index (χ4v) is 3.00. The second-order valence-electron chi connectivity index (χ2n) is 7.33. The van der Waals surface area contributed by atoms with Crippen LogP contribution in [0.15, 0.2) is 51.8 Å². The summed E-state index contributed by atoms with van der Waals surface area (Å²) in [5.41, 5.74) is 5.00. The third-order valence-corrected chi connectivity index (χ3v) is 4.47. The van der Waals surface area contributed by atoms with Crippen molar-refractivity contribution < 1.29 is 13.9 Å². The molecule has 9 heteroatoms. The van der Waals surface area contributed by atoms with E-state index in [1.54, 1.807) is 19.5 Å². The summed E-state index contributed by atoms with van der Waals surface area (Å²) >= 11 is 1.45. The number of carbonyl (C=O) groups excluding carboxylic acids is 1. The third-order valence-electron chi connectivity index (χ3n) is 3.64. The lowest BCUT2D eigenvalue weighted by atomic mass is 10.2. The standard InChI is InChI=1S/C20H23N5O3S/c1-20(2,3)28-19(26)25(4)11-16-12-29-18(23-16)10-22-24-15-7-5-14(6-8-15)17-9-21-13-27-17/h5-10,12-13,24H,11H2,1-4H3/b22-10+. The van der Waals surface area contributed by atoms with Crippen LogP contribution in [0.5, 0.6) is 0 Å². The Hall–Kier alpha value is -3.20. The Morgan fingerprint density at radius 2 is 2.10 bits per heavy atom. The number of hydrogen-bond acceptors (Lipinski definition) is 8. The highest BCUT2D eigenvalue weighted by Crippen LogP contribution is 2.20. The first kappa shape index (κ1) is 20.5. The summed E-state index contributed by atoms with van der Waals surface area (Å²) in [6.07, 6.45) is 4.34. The number of anilines is 1. The Kier molecular flexibility index (Phi) is 6.28. The number of nitrogens with one attached hydrogen (secondary N) is 1. The molecule has 0 saturated heterocycles. The monoisotopic (exact) mass is 413 g/mol. The van der Waals surface area contributed by atoms with Gasteiger partial charge >= 0.3 is 6.09 Å². The lowest BCUT2D eigenvalue weighted by Crippen LogP contribution is -2.33. The van der Waals surface area contributed by atoms with Crippen molar-refractivity contribution in [1.82, 2.24) is 14.9 Å². The van der Waals surface area contributed by atoms with Crippen LogP contribution in [0.1, 0.15) is 31.5 Å². The minimum absolute atomic E-state index is 0.371. The summed E-state index contributed by atoms with van der Waals surface area (Å²) in [6.45, 7) is 5.89. The van der Waals surface area contributed by atoms with Gasteiger partial charge in [0, 0.05) is 18.0 Å². The molecule has 0 saturated carbocycles. The fraction of sp³-hybridized carbons (Fsp3) is 0.300. The summed E-state index contributed by atoms with van der Waals surface area (Å²) in [4.78, 5) is 21.9. The molecule has 2 heterocycles. The number of aromatic nitrogens is 2. The molecule has 0 atom stereocenters. The number of hydrogen-bond donors (Lipinski definition) is 1. The molecular formula is C20H23N5O3S. The molecule has 0 radical (unpaired) electrons. The average molecular weight is 414 g/mol. The van der Waals surface area contributed by atoms with E-state index in [4.69, 9.17) is 9.15 Å². The SMILES string of the molecule is CN(Cc1csc(/C=N/Nc2ccc(-c3cnco3)cc2)n1)C(=O)OC(C)(C)C. The van der Waals surface area contributed by atoms with Gasteiger partial charge in [0.05, 0.1) is 30.3 Å². The van der Waals surface area contributed by atoms with E-state index in [-0.39, 0.29) is 6.09 Å². The van der Waals surface area contributed by atoms with Crippen LogP contribution in [0.2, 0.25) is 0 Å². The molecule has 0 bridgehead atoms. The van der Waals surface area contributed by atoms with Gasteiger partial charge in [-0.2, -0.15) is 5.10 Å². The van der Waals surface area contributed by atoms with Crippen molar-refractivity contribution in [2.75, 3.05) is 12.5 Å². The molecule has 1 aromatic carbocycles. The quantitative estimate of drug-likeness (QED) is 0.468. The van der Waals surface area contributed by atoms with Crippen LogP contribution in [0.25, 0.3) is 11.3 Å². The second-order valence-corrected chi connectivity index (χ2v) is 8.22. The largest absolute Gasteiger partial charge is 0.444 e.